The van der Waals surface area contributed by atoms with E-state index < -0.39 is 0 Å². The van der Waals surface area contributed by atoms with Gasteiger partial charge in [-0.25, -0.2) is 0 Å². The molecule has 156 valence electrons. The summed E-state index contributed by atoms with van der Waals surface area (Å²) in [5, 5.41) is 3.51. The van der Waals surface area contributed by atoms with Gasteiger partial charge in [-0.1, -0.05) is 17.7 Å². The molecule has 6 heteroatoms. The molecule has 3 rings (SSSR count). The normalized spacial score (nSPS) is 21.7. The van der Waals surface area contributed by atoms with Crippen LogP contribution in [0, 0.1) is 6.92 Å². The van der Waals surface area contributed by atoms with Crippen LogP contribution in [0.3, 0.4) is 0 Å². The Hall–Kier alpha value is -1.24. The fourth-order valence-electron chi connectivity index (χ4n) is 3.72. The van der Waals surface area contributed by atoms with Crippen molar-refractivity contribution in [1.29, 1.82) is 0 Å². The molecule has 0 bridgehead atoms. The fourth-order valence-corrected chi connectivity index (χ4v) is 4.48. The van der Waals surface area contributed by atoms with Gasteiger partial charge in [-0.05, 0) is 51.2 Å². The summed E-state index contributed by atoms with van der Waals surface area (Å²) in [5.41, 5.74) is 1.31. The second kappa shape index (κ2) is 11.7. The molecule has 1 atom stereocenters. The van der Waals surface area contributed by atoms with Crippen molar-refractivity contribution in [3.8, 4) is 0 Å². The van der Waals surface area contributed by atoms with Crippen LogP contribution in [0.15, 0.2) is 34.2 Å². The van der Waals surface area contributed by atoms with Crippen molar-refractivity contribution in [2.45, 2.75) is 56.1 Å². The number of likely N-dealkylation sites (tertiary alicyclic amines) is 1. The zero-order chi connectivity index (χ0) is 19.6. The zero-order valence-electron chi connectivity index (χ0n) is 17.4. The van der Waals surface area contributed by atoms with E-state index in [0.717, 1.165) is 63.8 Å². The summed E-state index contributed by atoms with van der Waals surface area (Å²) in [6, 6.07) is 8.72. The van der Waals surface area contributed by atoms with Crippen LogP contribution in [0.4, 0.5) is 0 Å². The van der Waals surface area contributed by atoms with Crippen molar-refractivity contribution >= 4 is 17.7 Å². The first kappa shape index (κ1) is 21.5. The number of benzene rings is 1. The van der Waals surface area contributed by atoms with E-state index in [0.29, 0.717) is 12.2 Å². The Bertz CT molecular complexity index is 594. The molecule has 0 aromatic heterocycles. The standard InChI is InChI=1S/C22H35N3O2S/c1-18-6-8-21(9-7-18)28-16-12-24-22(23-2)25-13-10-19(11-14-25)27-17-20-5-3-4-15-26-20/h6-9,19-20H,3-5,10-17H2,1-2H3,(H,23,24). The minimum Gasteiger partial charge on any atom is -0.376 e. The van der Waals surface area contributed by atoms with Crippen molar-refractivity contribution in [3.05, 3.63) is 29.8 Å². The number of hydrogen-bond acceptors (Lipinski definition) is 4. The van der Waals surface area contributed by atoms with Crippen molar-refractivity contribution < 1.29 is 9.47 Å². The van der Waals surface area contributed by atoms with Crippen LogP contribution in [-0.4, -0.2) is 68.7 Å². The maximum absolute atomic E-state index is 6.12. The smallest absolute Gasteiger partial charge is 0.193 e. The van der Waals surface area contributed by atoms with Gasteiger partial charge in [0.2, 0.25) is 0 Å². The molecule has 2 aliphatic rings. The third-order valence-electron chi connectivity index (χ3n) is 5.42. The molecule has 5 nitrogen and oxygen atoms in total. The lowest BCUT2D eigenvalue weighted by Crippen LogP contribution is -2.47. The summed E-state index contributed by atoms with van der Waals surface area (Å²) in [4.78, 5) is 8.15. The first-order valence-electron chi connectivity index (χ1n) is 10.6. The second-order valence-electron chi connectivity index (χ2n) is 7.64. The molecular formula is C22H35N3O2S. The average molecular weight is 406 g/mol. The molecule has 28 heavy (non-hydrogen) atoms. The summed E-state index contributed by atoms with van der Waals surface area (Å²) in [5.74, 6) is 2.04. The lowest BCUT2D eigenvalue weighted by atomic mass is 10.1. The topological polar surface area (TPSA) is 46.1 Å². The lowest BCUT2D eigenvalue weighted by Gasteiger charge is -2.35. The quantitative estimate of drug-likeness (QED) is 0.324. The molecule has 0 aliphatic carbocycles. The number of piperidine rings is 1. The summed E-state index contributed by atoms with van der Waals surface area (Å²) in [6.45, 7) is 6.70. The molecule has 0 radical (unpaired) electrons. The monoisotopic (exact) mass is 405 g/mol. The summed E-state index contributed by atoms with van der Waals surface area (Å²) in [6.07, 6.45) is 6.41. The van der Waals surface area contributed by atoms with Crippen molar-refractivity contribution in [1.82, 2.24) is 10.2 Å². The Morgan fingerprint density at radius 1 is 1.21 bits per heavy atom. The Morgan fingerprint density at radius 3 is 2.68 bits per heavy atom. The van der Waals surface area contributed by atoms with E-state index >= 15 is 0 Å². The van der Waals surface area contributed by atoms with E-state index in [1.54, 1.807) is 0 Å². The van der Waals surface area contributed by atoms with Gasteiger partial charge in [0, 0.05) is 43.9 Å². The number of aliphatic imine (C=N–C) groups is 1. The van der Waals surface area contributed by atoms with Gasteiger partial charge in [0.1, 0.15) is 0 Å². The van der Waals surface area contributed by atoms with E-state index in [4.69, 9.17) is 9.47 Å². The Kier molecular flexibility index (Phi) is 8.96. The molecule has 2 fully saturated rings. The van der Waals surface area contributed by atoms with E-state index in [1.807, 2.05) is 18.8 Å². The van der Waals surface area contributed by atoms with Crippen LogP contribution >= 0.6 is 11.8 Å². The van der Waals surface area contributed by atoms with Gasteiger partial charge in [0.05, 0.1) is 18.8 Å². The highest BCUT2D eigenvalue weighted by molar-refractivity contribution is 7.99. The number of guanidine groups is 1. The SMILES string of the molecule is CN=C(NCCSc1ccc(C)cc1)N1CCC(OCC2CCCCO2)CC1. The summed E-state index contributed by atoms with van der Waals surface area (Å²) < 4.78 is 11.9. The van der Waals surface area contributed by atoms with Gasteiger partial charge in [-0.3, -0.25) is 4.99 Å². The van der Waals surface area contributed by atoms with Crippen molar-refractivity contribution in [2.75, 3.05) is 45.6 Å². The molecule has 1 unspecified atom stereocenters. The van der Waals surface area contributed by atoms with Crippen LogP contribution in [0.2, 0.25) is 0 Å². The zero-order valence-corrected chi connectivity index (χ0v) is 18.2. The molecule has 0 amide bonds. The van der Waals surface area contributed by atoms with Crippen molar-refractivity contribution in [3.63, 3.8) is 0 Å². The fraction of sp³-hybridized carbons (Fsp3) is 0.682. The van der Waals surface area contributed by atoms with Crippen molar-refractivity contribution in [2.24, 2.45) is 4.99 Å². The molecule has 2 saturated heterocycles. The van der Waals surface area contributed by atoms with Gasteiger partial charge in [-0.15, -0.1) is 11.8 Å². The predicted molar refractivity (Wildman–Crippen MR) is 117 cm³/mol. The number of hydrogen-bond donors (Lipinski definition) is 1. The molecule has 0 spiro atoms. The minimum absolute atomic E-state index is 0.312. The van der Waals surface area contributed by atoms with Gasteiger partial charge < -0.3 is 19.7 Å². The van der Waals surface area contributed by atoms with E-state index in [-0.39, 0.29) is 0 Å². The lowest BCUT2D eigenvalue weighted by molar-refractivity contribution is -0.0721. The number of nitrogens with zero attached hydrogens (tertiary/aromatic N) is 2. The predicted octanol–water partition coefficient (Wildman–Crippen LogP) is 3.71. The molecule has 0 saturated carbocycles. The number of aryl methyl sites for hydroxylation is 1. The molecule has 1 N–H and O–H groups in total. The van der Waals surface area contributed by atoms with Gasteiger partial charge >= 0.3 is 0 Å². The number of nitrogens with one attached hydrogen (secondary N) is 1. The summed E-state index contributed by atoms with van der Waals surface area (Å²) in [7, 11) is 1.87. The maximum Gasteiger partial charge on any atom is 0.193 e. The van der Waals surface area contributed by atoms with Crippen LogP contribution < -0.4 is 5.32 Å². The second-order valence-corrected chi connectivity index (χ2v) is 8.81. The molecular weight excluding hydrogens is 370 g/mol. The number of rotatable bonds is 7. The third kappa shape index (κ3) is 6.98. The minimum atomic E-state index is 0.312. The molecule has 1 aromatic carbocycles. The molecule has 2 aliphatic heterocycles. The largest absolute Gasteiger partial charge is 0.376 e. The molecule has 2 heterocycles. The number of ether oxygens (including phenoxy) is 2. The van der Waals surface area contributed by atoms with Crippen LogP contribution in [0.1, 0.15) is 37.7 Å². The Labute approximate surface area is 174 Å². The van der Waals surface area contributed by atoms with Crippen LogP contribution in [-0.2, 0) is 9.47 Å². The van der Waals surface area contributed by atoms with Gasteiger partial charge in [0.25, 0.3) is 0 Å². The van der Waals surface area contributed by atoms with Crippen LogP contribution in [0.25, 0.3) is 0 Å². The van der Waals surface area contributed by atoms with E-state index in [1.165, 1.54) is 23.3 Å². The Morgan fingerprint density at radius 2 is 2.00 bits per heavy atom. The number of thioether (sulfide) groups is 1. The first-order valence-corrected chi connectivity index (χ1v) is 11.6. The summed E-state index contributed by atoms with van der Waals surface area (Å²) >= 11 is 1.88. The van der Waals surface area contributed by atoms with Gasteiger partial charge in [0.15, 0.2) is 5.96 Å². The highest BCUT2D eigenvalue weighted by Gasteiger charge is 2.23. The average Bonchev–Trinajstić information content (AvgIpc) is 2.75. The third-order valence-corrected chi connectivity index (χ3v) is 6.43. The molecule has 1 aromatic rings. The van der Waals surface area contributed by atoms with E-state index in [9.17, 15) is 0 Å². The highest BCUT2D eigenvalue weighted by Crippen LogP contribution is 2.19. The van der Waals surface area contributed by atoms with E-state index in [2.05, 4.69) is 46.4 Å². The van der Waals surface area contributed by atoms with Crippen LogP contribution in [0.5, 0.6) is 0 Å². The first-order chi connectivity index (χ1) is 13.7. The Balaban J connectivity index is 1.31. The maximum atomic E-state index is 6.12. The van der Waals surface area contributed by atoms with Gasteiger partial charge in [-0.2, -0.15) is 0 Å². The highest BCUT2D eigenvalue weighted by atomic mass is 32.2.